The molecule has 0 aliphatic heterocycles. The fourth-order valence-electron chi connectivity index (χ4n) is 2.20. The van der Waals surface area contributed by atoms with E-state index in [9.17, 15) is 0 Å². The number of anilines is 1. The first-order valence-electron chi connectivity index (χ1n) is 6.77. The van der Waals surface area contributed by atoms with Gasteiger partial charge >= 0.3 is 0 Å². The van der Waals surface area contributed by atoms with E-state index < -0.39 is 0 Å². The first kappa shape index (κ1) is 12.6. The number of hydrogen-bond acceptors (Lipinski definition) is 4. The van der Waals surface area contributed by atoms with Crippen molar-refractivity contribution in [1.29, 1.82) is 0 Å². The Morgan fingerprint density at radius 2 is 1.95 bits per heavy atom. The zero-order valence-corrected chi connectivity index (χ0v) is 11.6. The molecule has 1 atom stereocenters. The second-order valence-electron chi connectivity index (χ2n) is 4.78. The number of rotatable bonds is 4. The summed E-state index contributed by atoms with van der Waals surface area (Å²) < 4.78 is 0. The van der Waals surface area contributed by atoms with Crippen molar-refractivity contribution in [2.24, 2.45) is 0 Å². The number of aromatic amines is 1. The molecule has 2 heterocycles. The molecule has 2 aromatic heterocycles. The van der Waals surface area contributed by atoms with Crippen LogP contribution in [0.4, 0.5) is 5.82 Å². The molecule has 102 valence electrons. The summed E-state index contributed by atoms with van der Waals surface area (Å²) in [4.78, 5) is 15.6. The van der Waals surface area contributed by atoms with Gasteiger partial charge in [-0.25, -0.2) is 15.0 Å². The molecule has 5 nitrogen and oxygen atoms in total. The number of hydrogen-bond donors (Lipinski definition) is 2. The Bertz CT molecular complexity index is 702. The predicted octanol–water partition coefficient (Wildman–Crippen LogP) is 3.09. The van der Waals surface area contributed by atoms with Crippen molar-refractivity contribution in [3.05, 3.63) is 48.0 Å². The molecule has 5 heteroatoms. The summed E-state index contributed by atoms with van der Waals surface area (Å²) >= 11 is 0. The van der Waals surface area contributed by atoms with Crippen LogP contribution in [0.5, 0.6) is 0 Å². The largest absolute Gasteiger partial charge is 0.362 e. The maximum absolute atomic E-state index is 4.28. The van der Waals surface area contributed by atoms with E-state index >= 15 is 0 Å². The molecule has 0 bridgehead atoms. The molecule has 3 rings (SSSR count). The number of aryl methyl sites for hydroxylation is 1. The number of H-pyrrole nitrogens is 1. The van der Waals surface area contributed by atoms with Gasteiger partial charge in [0.1, 0.15) is 11.8 Å². The predicted molar refractivity (Wildman–Crippen MR) is 79.5 cm³/mol. The van der Waals surface area contributed by atoms with E-state index in [1.54, 1.807) is 6.33 Å². The van der Waals surface area contributed by atoms with E-state index in [0.29, 0.717) is 5.65 Å². The van der Waals surface area contributed by atoms with Gasteiger partial charge in [0.25, 0.3) is 0 Å². The summed E-state index contributed by atoms with van der Waals surface area (Å²) in [6.07, 6.45) is 4.21. The average molecular weight is 267 g/mol. The summed E-state index contributed by atoms with van der Waals surface area (Å²) in [5.74, 6) is 0.777. The summed E-state index contributed by atoms with van der Waals surface area (Å²) in [6, 6.07) is 8.81. The summed E-state index contributed by atoms with van der Waals surface area (Å²) in [6.45, 7) is 4.28. The van der Waals surface area contributed by atoms with Crippen LogP contribution in [-0.4, -0.2) is 19.9 Å². The second-order valence-corrected chi connectivity index (χ2v) is 4.78. The van der Waals surface area contributed by atoms with Crippen molar-refractivity contribution in [3.8, 4) is 0 Å². The fraction of sp³-hybridized carbons (Fsp3) is 0.267. The highest BCUT2D eigenvalue weighted by atomic mass is 15.1. The van der Waals surface area contributed by atoms with Crippen molar-refractivity contribution < 1.29 is 0 Å². The molecule has 0 aliphatic rings. The third-order valence-electron chi connectivity index (χ3n) is 3.46. The van der Waals surface area contributed by atoms with Crippen LogP contribution in [0.25, 0.3) is 11.2 Å². The number of benzene rings is 1. The standard InChI is InChI=1S/C15H17N5/c1-3-11-4-6-12(7-5-11)10(2)20-15-13-14(17-8-16-13)18-9-19-15/h4-10H,3H2,1-2H3,(H2,16,17,18,19,20). The zero-order valence-electron chi connectivity index (χ0n) is 11.6. The Morgan fingerprint density at radius 3 is 2.70 bits per heavy atom. The molecule has 0 saturated heterocycles. The number of aromatic nitrogens is 4. The third kappa shape index (κ3) is 2.34. The maximum atomic E-state index is 4.28. The molecule has 0 saturated carbocycles. The lowest BCUT2D eigenvalue weighted by molar-refractivity contribution is 0.873. The van der Waals surface area contributed by atoms with Gasteiger partial charge in [-0.05, 0) is 24.5 Å². The Labute approximate surface area is 117 Å². The van der Waals surface area contributed by atoms with Crippen molar-refractivity contribution in [2.45, 2.75) is 26.3 Å². The highest BCUT2D eigenvalue weighted by molar-refractivity contribution is 5.82. The molecule has 0 radical (unpaired) electrons. The smallest absolute Gasteiger partial charge is 0.182 e. The van der Waals surface area contributed by atoms with Crippen LogP contribution in [-0.2, 0) is 6.42 Å². The first-order valence-corrected chi connectivity index (χ1v) is 6.77. The van der Waals surface area contributed by atoms with Crippen LogP contribution >= 0.6 is 0 Å². The minimum atomic E-state index is 0.169. The van der Waals surface area contributed by atoms with Crippen LogP contribution in [0.15, 0.2) is 36.9 Å². The van der Waals surface area contributed by atoms with Gasteiger partial charge in [-0.1, -0.05) is 31.2 Å². The van der Waals surface area contributed by atoms with E-state index in [2.05, 4.69) is 63.4 Å². The Balaban J connectivity index is 1.84. The van der Waals surface area contributed by atoms with E-state index in [1.165, 1.54) is 17.5 Å². The van der Waals surface area contributed by atoms with Crippen LogP contribution < -0.4 is 5.32 Å². The van der Waals surface area contributed by atoms with Gasteiger partial charge in [0, 0.05) is 0 Å². The molecule has 0 spiro atoms. The number of nitrogens with one attached hydrogen (secondary N) is 2. The fourth-order valence-corrected chi connectivity index (χ4v) is 2.20. The summed E-state index contributed by atoms with van der Waals surface area (Å²) in [5, 5.41) is 3.40. The molecule has 0 fully saturated rings. The molecule has 0 aliphatic carbocycles. The molecular formula is C15H17N5. The highest BCUT2D eigenvalue weighted by Crippen LogP contribution is 2.22. The van der Waals surface area contributed by atoms with Crippen LogP contribution in [0.3, 0.4) is 0 Å². The second kappa shape index (κ2) is 5.28. The molecule has 1 unspecified atom stereocenters. The molecule has 2 N–H and O–H groups in total. The number of fused-ring (bicyclic) bond motifs is 1. The van der Waals surface area contributed by atoms with Crippen molar-refractivity contribution >= 4 is 17.0 Å². The highest BCUT2D eigenvalue weighted by Gasteiger charge is 2.10. The van der Waals surface area contributed by atoms with Gasteiger partial charge in [-0.3, -0.25) is 0 Å². The average Bonchev–Trinajstić information content (AvgIpc) is 2.97. The molecular weight excluding hydrogens is 250 g/mol. The lowest BCUT2D eigenvalue weighted by Crippen LogP contribution is -2.08. The molecule has 3 aromatic rings. The topological polar surface area (TPSA) is 66.5 Å². The van der Waals surface area contributed by atoms with Crippen molar-refractivity contribution in [3.63, 3.8) is 0 Å². The van der Waals surface area contributed by atoms with E-state index in [0.717, 1.165) is 17.8 Å². The summed E-state index contributed by atoms with van der Waals surface area (Å²) in [5.41, 5.74) is 4.09. The maximum Gasteiger partial charge on any atom is 0.182 e. The van der Waals surface area contributed by atoms with Crippen LogP contribution in [0.2, 0.25) is 0 Å². The quantitative estimate of drug-likeness (QED) is 0.762. The molecule has 1 aromatic carbocycles. The Hall–Kier alpha value is -2.43. The normalized spacial score (nSPS) is 12.5. The van der Waals surface area contributed by atoms with Gasteiger partial charge in [0.2, 0.25) is 0 Å². The van der Waals surface area contributed by atoms with Crippen LogP contribution in [0, 0.1) is 0 Å². The van der Waals surface area contributed by atoms with Gasteiger partial charge in [-0.15, -0.1) is 0 Å². The molecule has 20 heavy (non-hydrogen) atoms. The van der Waals surface area contributed by atoms with E-state index in [-0.39, 0.29) is 6.04 Å². The van der Waals surface area contributed by atoms with Gasteiger partial charge in [0.15, 0.2) is 11.5 Å². The number of nitrogens with zero attached hydrogens (tertiary/aromatic N) is 3. The Kier molecular flexibility index (Phi) is 3.33. The molecule has 0 amide bonds. The minimum absolute atomic E-state index is 0.169. The SMILES string of the molecule is CCc1ccc(C(C)Nc2ncnc3nc[nH]c23)cc1. The van der Waals surface area contributed by atoms with E-state index in [1.807, 2.05) is 0 Å². The minimum Gasteiger partial charge on any atom is -0.362 e. The Morgan fingerprint density at radius 1 is 1.15 bits per heavy atom. The van der Waals surface area contributed by atoms with Crippen molar-refractivity contribution in [1.82, 2.24) is 19.9 Å². The summed E-state index contributed by atoms with van der Waals surface area (Å²) in [7, 11) is 0. The van der Waals surface area contributed by atoms with Gasteiger partial charge < -0.3 is 10.3 Å². The third-order valence-corrected chi connectivity index (χ3v) is 3.46. The first-order chi connectivity index (χ1) is 9.78. The lowest BCUT2D eigenvalue weighted by atomic mass is 10.1. The monoisotopic (exact) mass is 267 g/mol. The van der Waals surface area contributed by atoms with Crippen LogP contribution in [0.1, 0.15) is 31.0 Å². The lowest BCUT2D eigenvalue weighted by Gasteiger charge is -2.15. The van der Waals surface area contributed by atoms with Crippen molar-refractivity contribution in [2.75, 3.05) is 5.32 Å². The van der Waals surface area contributed by atoms with Gasteiger partial charge in [0.05, 0.1) is 12.4 Å². The van der Waals surface area contributed by atoms with Gasteiger partial charge in [-0.2, -0.15) is 0 Å². The zero-order chi connectivity index (χ0) is 13.9. The number of imidazole rings is 1. The van der Waals surface area contributed by atoms with E-state index in [4.69, 9.17) is 0 Å².